The monoisotopic (exact) mass is 217 g/mol. The summed E-state index contributed by atoms with van der Waals surface area (Å²) < 4.78 is 0. The smallest absolute Gasteiger partial charge is 0.0180 e. The first-order valence-corrected chi connectivity index (χ1v) is 7.02. The number of rotatable bonds is 8. The molecule has 0 aromatic carbocycles. The first-order valence-electron chi connectivity index (χ1n) is 5.86. The number of hydrogen-bond acceptors (Lipinski definition) is 2. The highest BCUT2D eigenvalue weighted by Crippen LogP contribution is 2.15. The largest absolute Gasteiger partial charge is 0.316 e. The third kappa shape index (κ3) is 6.72. The second kappa shape index (κ2) is 8.60. The normalized spacial score (nSPS) is 15.9. The summed E-state index contributed by atoms with van der Waals surface area (Å²) in [6.07, 6.45) is 2.62. The van der Waals surface area contributed by atoms with Crippen molar-refractivity contribution in [1.29, 1.82) is 0 Å². The molecule has 2 unspecified atom stereocenters. The molecule has 0 fully saturated rings. The zero-order valence-corrected chi connectivity index (χ0v) is 11.3. The van der Waals surface area contributed by atoms with E-state index in [1.54, 1.807) is 0 Å². The van der Waals surface area contributed by atoms with Gasteiger partial charge in [-0.1, -0.05) is 34.1 Å². The quantitative estimate of drug-likeness (QED) is 0.625. The Kier molecular flexibility index (Phi) is 8.80. The molecular formula is C12H27NS. The molecule has 0 saturated carbocycles. The standard InChI is InChI=1S/C12H27NS/c1-6-11(4)12(13-5)9-14-8-7-10(2)3/h10-13H,6-9H2,1-5H3. The minimum absolute atomic E-state index is 0.692. The van der Waals surface area contributed by atoms with E-state index in [2.05, 4.69) is 51.8 Å². The molecule has 0 aliphatic carbocycles. The van der Waals surface area contributed by atoms with Crippen molar-refractivity contribution in [3.63, 3.8) is 0 Å². The van der Waals surface area contributed by atoms with Crippen LogP contribution < -0.4 is 5.32 Å². The van der Waals surface area contributed by atoms with Gasteiger partial charge in [0.15, 0.2) is 0 Å². The van der Waals surface area contributed by atoms with Crippen LogP contribution in [0.5, 0.6) is 0 Å². The van der Waals surface area contributed by atoms with E-state index in [0.29, 0.717) is 6.04 Å². The molecule has 1 N–H and O–H groups in total. The molecule has 0 radical (unpaired) electrons. The molecule has 0 saturated heterocycles. The Morgan fingerprint density at radius 1 is 1.21 bits per heavy atom. The van der Waals surface area contributed by atoms with Crippen LogP contribution in [0.4, 0.5) is 0 Å². The van der Waals surface area contributed by atoms with Gasteiger partial charge < -0.3 is 5.32 Å². The van der Waals surface area contributed by atoms with E-state index in [1.807, 2.05) is 0 Å². The average Bonchev–Trinajstić information content (AvgIpc) is 2.16. The maximum absolute atomic E-state index is 3.42. The van der Waals surface area contributed by atoms with Crippen molar-refractivity contribution in [3.8, 4) is 0 Å². The van der Waals surface area contributed by atoms with Gasteiger partial charge in [-0.25, -0.2) is 0 Å². The minimum Gasteiger partial charge on any atom is -0.316 e. The highest BCUT2D eigenvalue weighted by atomic mass is 32.2. The first kappa shape index (κ1) is 14.3. The van der Waals surface area contributed by atoms with Crippen LogP contribution in [0.3, 0.4) is 0 Å². The zero-order valence-electron chi connectivity index (χ0n) is 10.5. The van der Waals surface area contributed by atoms with E-state index in [4.69, 9.17) is 0 Å². The highest BCUT2D eigenvalue weighted by molar-refractivity contribution is 7.99. The summed E-state index contributed by atoms with van der Waals surface area (Å²) in [6, 6.07) is 0.692. The van der Waals surface area contributed by atoms with Crippen LogP contribution in [0.1, 0.15) is 40.5 Å². The summed E-state index contributed by atoms with van der Waals surface area (Å²) in [5, 5.41) is 3.42. The molecule has 0 aromatic heterocycles. The molecule has 0 heterocycles. The Bertz CT molecular complexity index is 125. The van der Waals surface area contributed by atoms with E-state index >= 15 is 0 Å². The fraction of sp³-hybridized carbons (Fsp3) is 1.00. The molecule has 14 heavy (non-hydrogen) atoms. The second-order valence-corrected chi connectivity index (χ2v) is 5.69. The molecule has 0 aromatic rings. The summed E-state index contributed by atoms with van der Waals surface area (Å²) in [4.78, 5) is 0. The van der Waals surface area contributed by atoms with Gasteiger partial charge in [0.1, 0.15) is 0 Å². The van der Waals surface area contributed by atoms with Crippen molar-refractivity contribution in [2.45, 2.75) is 46.6 Å². The van der Waals surface area contributed by atoms with Gasteiger partial charge >= 0.3 is 0 Å². The van der Waals surface area contributed by atoms with Crippen LogP contribution in [-0.4, -0.2) is 24.6 Å². The van der Waals surface area contributed by atoms with E-state index < -0.39 is 0 Å². The van der Waals surface area contributed by atoms with E-state index in [9.17, 15) is 0 Å². The molecule has 86 valence electrons. The predicted molar refractivity (Wildman–Crippen MR) is 69.1 cm³/mol. The van der Waals surface area contributed by atoms with Crippen LogP contribution in [0.25, 0.3) is 0 Å². The number of hydrogen-bond donors (Lipinski definition) is 1. The number of thioether (sulfide) groups is 1. The molecule has 2 atom stereocenters. The van der Waals surface area contributed by atoms with E-state index in [-0.39, 0.29) is 0 Å². The Labute approximate surface area is 94.4 Å². The first-order chi connectivity index (χ1) is 6.61. The van der Waals surface area contributed by atoms with Crippen molar-refractivity contribution in [3.05, 3.63) is 0 Å². The molecule has 1 nitrogen and oxygen atoms in total. The highest BCUT2D eigenvalue weighted by Gasteiger charge is 2.12. The van der Waals surface area contributed by atoms with Gasteiger partial charge in [0.2, 0.25) is 0 Å². The molecule has 0 amide bonds. The van der Waals surface area contributed by atoms with Crippen LogP contribution in [0.15, 0.2) is 0 Å². The molecular weight excluding hydrogens is 190 g/mol. The third-order valence-corrected chi connectivity index (χ3v) is 3.96. The lowest BCUT2D eigenvalue weighted by Gasteiger charge is -2.22. The molecule has 0 aliphatic heterocycles. The topological polar surface area (TPSA) is 12.0 Å². The van der Waals surface area contributed by atoms with Crippen LogP contribution in [0.2, 0.25) is 0 Å². The van der Waals surface area contributed by atoms with Crippen LogP contribution in [-0.2, 0) is 0 Å². The summed E-state index contributed by atoms with van der Waals surface area (Å²) in [7, 11) is 2.08. The van der Waals surface area contributed by atoms with Crippen LogP contribution in [0, 0.1) is 11.8 Å². The van der Waals surface area contributed by atoms with E-state index in [0.717, 1.165) is 11.8 Å². The Morgan fingerprint density at radius 3 is 2.29 bits per heavy atom. The van der Waals surface area contributed by atoms with Gasteiger partial charge in [-0.2, -0.15) is 11.8 Å². The summed E-state index contributed by atoms with van der Waals surface area (Å²) in [6.45, 7) is 9.20. The predicted octanol–water partition coefficient (Wildman–Crippen LogP) is 3.40. The van der Waals surface area contributed by atoms with Crippen molar-refractivity contribution in [1.82, 2.24) is 5.32 Å². The fourth-order valence-electron chi connectivity index (χ4n) is 1.35. The van der Waals surface area contributed by atoms with Crippen molar-refractivity contribution in [2.75, 3.05) is 18.6 Å². The van der Waals surface area contributed by atoms with Gasteiger partial charge in [0.05, 0.1) is 0 Å². The Balaban J connectivity index is 3.52. The Morgan fingerprint density at radius 2 is 1.86 bits per heavy atom. The van der Waals surface area contributed by atoms with Crippen LogP contribution >= 0.6 is 11.8 Å². The maximum Gasteiger partial charge on any atom is 0.0180 e. The molecule has 0 rings (SSSR count). The van der Waals surface area contributed by atoms with Crippen molar-refractivity contribution in [2.24, 2.45) is 11.8 Å². The van der Waals surface area contributed by atoms with Gasteiger partial charge in [-0.15, -0.1) is 0 Å². The average molecular weight is 217 g/mol. The molecule has 0 bridgehead atoms. The lowest BCUT2D eigenvalue weighted by Crippen LogP contribution is -2.34. The SMILES string of the molecule is CCC(C)C(CSCCC(C)C)NC. The van der Waals surface area contributed by atoms with Gasteiger partial charge in [-0.3, -0.25) is 0 Å². The molecule has 2 heteroatoms. The van der Waals surface area contributed by atoms with Gasteiger partial charge in [-0.05, 0) is 31.1 Å². The van der Waals surface area contributed by atoms with E-state index in [1.165, 1.54) is 24.3 Å². The maximum atomic E-state index is 3.42. The molecule has 0 spiro atoms. The number of nitrogens with one attached hydrogen (secondary N) is 1. The Hall–Kier alpha value is 0.310. The lowest BCUT2D eigenvalue weighted by molar-refractivity contribution is 0.420. The summed E-state index contributed by atoms with van der Waals surface area (Å²) in [5.74, 6) is 4.22. The fourth-order valence-corrected chi connectivity index (χ4v) is 2.90. The molecule has 0 aliphatic rings. The van der Waals surface area contributed by atoms with Gasteiger partial charge in [0, 0.05) is 11.8 Å². The minimum atomic E-state index is 0.692. The lowest BCUT2D eigenvalue weighted by atomic mass is 10.0. The van der Waals surface area contributed by atoms with Crippen molar-refractivity contribution < 1.29 is 0 Å². The van der Waals surface area contributed by atoms with Crippen molar-refractivity contribution >= 4 is 11.8 Å². The summed E-state index contributed by atoms with van der Waals surface area (Å²) in [5.41, 5.74) is 0. The summed E-state index contributed by atoms with van der Waals surface area (Å²) >= 11 is 2.10. The van der Waals surface area contributed by atoms with Gasteiger partial charge in [0.25, 0.3) is 0 Å². The second-order valence-electron chi connectivity index (χ2n) is 4.54. The third-order valence-electron chi connectivity index (χ3n) is 2.84. The zero-order chi connectivity index (χ0) is 11.0.